The Morgan fingerprint density at radius 1 is 1.75 bits per heavy atom. The van der Waals surface area contributed by atoms with Crippen LogP contribution in [0, 0.1) is 0 Å². The Morgan fingerprint density at radius 2 is 2.50 bits per heavy atom. The summed E-state index contributed by atoms with van der Waals surface area (Å²) in [4.78, 5) is 17.0. The zero-order valence-electron chi connectivity index (χ0n) is 3.98. The summed E-state index contributed by atoms with van der Waals surface area (Å²) in [6, 6.07) is -0.741. The zero-order chi connectivity index (χ0) is 5.98. The number of carboxylic acid groups (broad SMARTS) is 1. The van der Waals surface area contributed by atoms with Crippen molar-refractivity contribution in [2.24, 2.45) is 9.98 Å². The summed E-state index contributed by atoms with van der Waals surface area (Å²) < 4.78 is 0. The largest absolute Gasteiger partial charge is 0.479 e. The van der Waals surface area contributed by atoms with Gasteiger partial charge in [-0.2, -0.15) is 0 Å². The Labute approximate surface area is 45.6 Å². The molecule has 0 amide bonds. The third kappa shape index (κ3) is 0.726. The molecule has 42 valence electrons. The van der Waals surface area contributed by atoms with Gasteiger partial charge in [-0.3, -0.25) is 4.99 Å². The molecule has 8 heavy (non-hydrogen) atoms. The highest BCUT2D eigenvalue weighted by Gasteiger charge is 2.13. The topological polar surface area (TPSA) is 62.0 Å². The van der Waals surface area contributed by atoms with Gasteiger partial charge in [0.15, 0.2) is 6.04 Å². The first kappa shape index (κ1) is 4.96. The average molecular weight is 112 g/mol. The lowest BCUT2D eigenvalue weighted by atomic mass is 10.4. The maximum atomic E-state index is 10.00. The van der Waals surface area contributed by atoms with Crippen LogP contribution in [0.3, 0.4) is 0 Å². The van der Waals surface area contributed by atoms with E-state index in [1.807, 2.05) is 0 Å². The number of hydrogen-bond acceptors (Lipinski definition) is 3. The lowest BCUT2D eigenvalue weighted by Crippen LogP contribution is -2.16. The predicted octanol–water partition coefficient (Wildman–Crippen LogP) is -0.448. The van der Waals surface area contributed by atoms with E-state index in [0.29, 0.717) is 0 Å². The Morgan fingerprint density at radius 3 is 2.75 bits per heavy atom. The van der Waals surface area contributed by atoms with Crippen molar-refractivity contribution in [3.63, 3.8) is 0 Å². The van der Waals surface area contributed by atoms with Crippen LogP contribution in [0.2, 0.25) is 0 Å². The molecule has 0 spiro atoms. The van der Waals surface area contributed by atoms with Gasteiger partial charge in [0.1, 0.15) is 6.34 Å². The molecule has 4 nitrogen and oxygen atoms in total. The normalized spacial score (nSPS) is 24.2. The van der Waals surface area contributed by atoms with Gasteiger partial charge in [-0.1, -0.05) is 0 Å². The molecule has 1 rings (SSSR count). The SMILES string of the molecule is O=C(O)C1C=NC=N1. The molecular formula is C4H4N2O2. The van der Waals surface area contributed by atoms with Crippen LogP contribution in [-0.4, -0.2) is 29.7 Å². The van der Waals surface area contributed by atoms with Gasteiger partial charge in [-0.05, 0) is 0 Å². The second-order valence-electron chi connectivity index (χ2n) is 1.35. The fraction of sp³-hybridized carbons (Fsp3) is 0.250. The third-order valence-corrected chi connectivity index (χ3v) is 0.774. The number of carboxylic acids is 1. The molecule has 1 unspecified atom stereocenters. The van der Waals surface area contributed by atoms with Crippen molar-refractivity contribution in [2.45, 2.75) is 6.04 Å². The first-order valence-electron chi connectivity index (χ1n) is 2.08. The minimum absolute atomic E-state index is 0.741. The van der Waals surface area contributed by atoms with Crippen LogP contribution in [0.1, 0.15) is 0 Å². The van der Waals surface area contributed by atoms with Crippen LogP contribution in [0.4, 0.5) is 0 Å². The molecule has 0 saturated carbocycles. The van der Waals surface area contributed by atoms with Crippen molar-refractivity contribution >= 4 is 18.5 Å². The lowest BCUT2D eigenvalue weighted by Gasteiger charge is -1.89. The molecule has 4 heteroatoms. The highest BCUT2D eigenvalue weighted by Crippen LogP contribution is 1.91. The van der Waals surface area contributed by atoms with Crippen molar-refractivity contribution < 1.29 is 9.90 Å². The molecule has 0 aromatic heterocycles. The first-order valence-corrected chi connectivity index (χ1v) is 2.08. The van der Waals surface area contributed by atoms with Crippen molar-refractivity contribution in [1.29, 1.82) is 0 Å². The van der Waals surface area contributed by atoms with Gasteiger partial charge in [0, 0.05) is 6.21 Å². The van der Waals surface area contributed by atoms with E-state index in [1.54, 1.807) is 0 Å². The van der Waals surface area contributed by atoms with E-state index in [2.05, 4.69) is 9.98 Å². The molecule has 0 aromatic carbocycles. The molecule has 0 aliphatic carbocycles. The highest BCUT2D eigenvalue weighted by atomic mass is 16.4. The van der Waals surface area contributed by atoms with Gasteiger partial charge in [0.2, 0.25) is 0 Å². The summed E-state index contributed by atoms with van der Waals surface area (Å²) in [5.41, 5.74) is 0. The van der Waals surface area contributed by atoms with Crippen molar-refractivity contribution in [3.05, 3.63) is 0 Å². The molecular weight excluding hydrogens is 108 g/mol. The van der Waals surface area contributed by atoms with E-state index < -0.39 is 12.0 Å². The second kappa shape index (κ2) is 1.73. The van der Waals surface area contributed by atoms with Gasteiger partial charge >= 0.3 is 5.97 Å². The molecule has 0 aromatic rings. The van der Waals surface area contributed by atoms with Gasteiger partial charge in [0.05, 0.1) is 0 Å². The molecule has 0 saturated heterocycles. The van der Waals surface area contributed by atoms with Gasteiger partial charge in [-0.15, -0.1) is 0 Å². The van der Waals surface area contributed by atoms with Crippen LogP contribution in [-0.2, 0) is 4.79 Å². The van der Waals surface area contributed by atoms with Crippen LogP contribution in [0.15, 0.2) is 9.98 Å². The van der Waals surface area contributed by atoms with Crippen LogP contribution < -0.4 is 0 Å². The second-order valence-corrected chi connectivity index (χ2v) is 1.35. The van der Waals surface area contributed by atoms with Gasteiger partial charge in [0.25, 0.3) is 0 Å². The Kier molecular flexibility index (Phi) is 1.07. The summed E-state index contributed by atoms with van der Waals surface area (Å²) in [6.45, 7) is 0. The van der Waals surface area contributed by atoms with Crippen molar-refractivity contribution in [2.75, 3.05) is 0 Å². The van der Waals surface area contributed by atoms with E-state index in [9.17, 15) is 4.79 Å². The monoisotopic (exact) mass is 112 g/mol. The molecule has 1 atom stereocenters. The van der Waals surface area contributed by atoms with E-state index in [0.717, 1.165) is 0 Å². The summed E-state index contributed by atoms with van der Waals surface area (Å²) >= 11 is 0. The fourth-order valence-electron chi connectivity index (χ4n) is 0.396. The van der Waals surface area contributed by atoms with Gasteiger partial charge < -0.3 is 5.11 Å². The summed E-state index contributed by atoms with van der Waals surface area (Å²) in [6.07, 6.45) is 2.51. The lowest BCUT2D eigenvalue weighted by molar-refractivity contribution is -0.136. The summed E-state index contributed by atoms with van der Waals surface area (Å²) in [5, 5.41) is 8.21. The quantitative estimate of drug-likeness (QED) is 0.499. The maximum absolute atomic E-state index is 10.00. The van der Waals surface area contributed by atoms with Crippen LogP contribution in [0.5, 0.6) is 0 Å². The molecule has 0 fully saturated rings. The molecule has 0 radical (unpaired) electrons. The van der Waals surface area contributed by atoms with Crippen molar-refractivity contribution in [1.82, 2.24) is 0 Å². The van der Waals surface area contributed by atoms with E-state index >= 15 is 0 Å². The summed E-state index contributed by atoms with van der Waals surface area (Å²) in [5.74, 6) is -0.956. The highest BCUT2D eigenvalue weighted by molar-refractivity contribution is 5.99. The van der Waals surface area contributed by atoms with Crippen molar-refractivity contribution in [3.8, 4) is 0 Å². The molecule has 1 aliphatic rings. The number of aliphatic carboxylic acids is 1. The zero-order valence-corrected chi connectivity index (χ0v) is 3.98. The minimum Gasteiger partial charge on any atom is -0.479 e. The predicted molar refractivity (Wildman–Crippen MR) is 28.4 cm³/mol. The maximum Gasteiger partial charge on any atom is 0.334 e. The number of nitrogens with zero attached hydrogens (tertiary/aromatic N) is 2. The average Bonchev–Trinajstić information content (AvgIpc) is 2.12. The smallest absolute Gasteiger partial charge is 0.334 e. The van der Waals surface area contributed by atoms with Crippen LogP contribution >= 0.6 is 0 Å². The number of carbonyl (C=O) groups is 1. The Balaban J connectivity index is 2.62. The van der Waals surface area contributed by atoms with Crippen LogP contribution in [0.25, 0.3) is 0 Å². The van der Waals surface area contributed by atoms with E-state index in [4.69, 9.17) is 5.11 Å². The van der Waals surface area contributed by atoms with E-state index in [-0.39, 0.29) is 0 Å². The Hall–Kier alpha value is -1.19. The van der Waals surface area contributed by atoms with Gasteiger partial charge in [-0.25, -0.2) is 9.79 Å². The minimum atomic E-state index is -0.956. The standard InChI is InChI=1S/C4H4N2O2/c7-4(8)3-1-5-2-6-3/h1-3H,(H,7,8). The third-order valence-electron chi connectivity index (χ3n) is 0.774. The Bertz CT molecular complexity index is 149. The fourth-order valence-corrected chi connectivity index (χ4v) is 0.396. The molecule has 1 heterocycles. The molecule has 0 bridgehead atoms. The number of rotatable bonds is 1. The number of hydrogen-bond donors (Lipinski definition) is 1. The van der Waals surface area contributed by atoms with E-state index in [1.165, 1.54) is 12.6 Å². The number of aliphatic imine (C=N–C) groups is 2. The first-order chi connectivity index (χ1) is 3.80. The summed E-state index contributed by atoms with van der Waals surface area (Å²) in [7, 11) is 0. The molecule has 1 aliphatic heterocycles. The molecule has 1 N–H and O–H groups in total.